The molecule has 2 aromatic heterocycles. The lowest BCUT2D eigenvalue weighted by molar-refractivity contribution is 0.731. The van der Waals surface area contributed by atoms with Crippen LogP contribution in [0.1, 0.15) is 11.4 Å². The summed E-state index contributed by atoms with van der Waals surface area (Å²) in [5.41, 5.74) is 1.73. The van der Waals surface area contributed by atoms with Crippen molar-refractivity contribution >= 4 is 17.2 Å². The molecular formula is C10H12N4OS. The molecule has 0 unspecified atom stereocenters. The van der Waals surface area contributed by atoms with E-state index in [1.54, 1.807) is 24.0 Å². The van der Waals surface area contributed by atoms with Gasteiger partial charge in [0.2, 0.25) is 0 Å². The molecular weight excluding hydrogens is 224 g/mol. The van der Waals surface area contributed by atoms with Gasteiger partial charge in [-0.1, -0.05) is 11.3 Å². The third kappa shape index (κ3) is 2.11. The maximum absolute atomic E-state index is 11.5. The first kappa shape index (κ1) is 10.8. The standard InChI is InChI=1S/C10H12N4OS/c1-7-6-16-10(15)14(7)5-8-3-13-9(11-2)4-12-8/h3-4,6H,5H2,1-2H3,(H,11,13). The maximum atomic E-state index is 11.5. The molecule has 0 aliphatic heterocycles. The van der Waals surface area contributed by atoms with Crippen LogP contribution >= 0.6 is 11.3 Å². The Balaban J connectivity index is 2.24. The molecule has 0 radical (unpaired) electrons. The van der Waals surface area contributed by atoms with Gasteiger partial charge in [-0.2, -0.15) is 0 Å². The molecule has 16 heavy (non-hydrogen) atoms. The zero-order chi connectivity index (χ0) is 11.5. The number of aromatic nitrogens is 3. The van der Waals surface area contributed by atoms with E-state index in [0.29, 0.717) is 6.54 Å². The molecule has 0 bridgehead atoms. The zero-order valence-corrected chi connectivity index (χ0v) is 9.91. The van der Waals surface area contributed by atoms with Crippen molar-refractivity contribution in [1.29, 1.82) is 0 Å². The summed E-state index contributed by atoms with van der Waals surface area (Å²) >= 11 is 1.20. The smallest absolute Gasteiger partial charge is 0.307 e. The second-order valence-corrected chi connectivity index (χ2v) is 4.19. The van der Waals surface area contributed by atoms with Crippen LogP contribution in [0.15, 0.2) is 22.6 Å². The third-order valence-corrected chi connectivity index (χ3v) is 3.14. The first-order valence-electron chi connectivity index (χ1n) is 4.84. The highest BCUT2D eigenvalue weighted by atomic mass is 32.1. The molecule has 0 spiro atoms. The average Bonchev–Trinajstić information content (AvgIpc) is 2.62. The largest absolute Gasteiger partial charge is 0.372 e. The Morgan fingerprint density at radius 3 is 2.75 bits per heavy atom. The Bertz CT molecular complexity index is 528. The minimum atomic E-state index is 0.0389. The first-order valence-corrected chi connectivity index (χ1v) is 5.72. The molecule has 0 fully saturated rings. The lowest BCUT2D eigenvalue weighted by Crippen LogP contribution is -2.16. The number of rotatable bonds is 3. The average molecular weight is 236 g/mol. The van der Waals surface area contributed by atoms with E-state index in [1.807, 2.05) is 12.3 Å². The molecule has 0 aliphatic carbocycles. The Hall–Kier alpha value is -1.69. The van der Waals surface area contributed by atoms with Crippen LogP contribution in [-0.4, -0.2) is 21.6 Å². The predicted octanol–water partition coefficient (Wildman–Crippen LogP) is 1.10. The second kappa shape index (κ2) is 4.44. The van der Waals surface area contributed by atoms with Crippen LogP contribution in [0, 0.1) is 6.92 Å². The van der Waals surface area contributed by atoms with E-state index < -0.39 is 0 Å². The van der Waals surface area contributed by atoms with E-state index >= 15 is 0 Å². The Kier molecular flexibility index (Phi) is 3.00. The van der Waals surface area contributed by atoms with Crippen molar-refractivity contribution in [2.75, 3.05) is 12.4 Å². The van der Waals surface area contributed by atoms with Crippen molar-refractivity contribution in [3.8, 4) is 0 Å². The fourth-order valence-corrected chi connectivity index (χ4v) is 2.06. The van der Waals surface area contributed by atoms with Gasteiger partial charge in [0, 0.05) is 18.1 Å². The van der Waals surface area contributed by atoms with Crippen molar-refractivity contribution < 1.29 is 0 Å². The summed E-state index contributed by atoms with van der Waals surface area (Å²) in [6.07, 6.45) is 3.33. The fourth-order valence-electron chi connectivity index (χ4n) is 1.32. The molecule has 2 heterocycles. The summed E-state index contributed by atoms with van der Waals surface area (Å²) in [5, 5.41) is 4.74. The monoisotopic (exact) mass is 236 g/mol. The van der Waals surface area contributed by atoms with Gasteiger partial charge in [-0.25, -0.2) is 4.98 Å². The topological polar surface area (TPSA) is 59.8 Å². The quantitative estimate of drug-likeness (QED) is 0.867. The van der Waals surface area contributed by atoms with Gasteiger partial charge in [-0.15, -0.1) is 0 Å². The number of aryl methyl sites for hydroxylation is 1. The van der Waals surface area contributed by atoms with E-state index in [9.17, 15) is 4.79 Å². The first-order chi connectivity index (χ1) is 7.70. The highest BCUT2D eigenvalue weighted by molar-refractivity contribution is 7.07. The zero-order valence-electron chi connectivity index (χ0n) is 9.10. The molecule has 0 atom stereocenters. The molecule has 0 aromatic carbocycles. The van der Waals surface area contributed by atoms with Crippen molar-refractivity contribution in [2.45, 2.75) is 13.5 Å². The Morgan fingerprint density at radius 2 is 2.25 bits per heavy atom. The van der Waals surface area contributed by atoms with Gasteiger partial charge in [0.15, 0.2) is 0 Å². The number of hydrogen-bond donors (Lipinski definition) is 1. The molecule has 0 saturated carbocycles. The van der Waals surface area contributed by atoms with E-state index in [4.69, 9.17) is 0 Å². The number of nitrogens with one attached hydrogen (secondary N) is 1. The third-order valence-electron chi connectivity index (χ3n) is 2.26. The van der Waals surface area contributed by atoms with Crippen LogP contribution in [0.25, 0.3) is 0 Å². The summed E-state index contributed by atoms with van der Waals surface area (Å²) in [5.74, 6) is 0.720. The van der Waals surface area contributed by atoms with Gasteiger partial charge in [-0.3, -0.25) is 14.3 Å². The Labute approximate surface area is 96.8 Å². The molecule has 0 aliphatic rings. The number of thiazole rings is 1. The summed E-state index contributed by atoms with van der Waals surface area (Å²) in [6, 6.07) is 0. The van der Waals surface area contributed by atoms with Gasteiger partial charge < -0.3 is 5.32 Å². The van der Waals surface area contributed by atoms with E-state index in [0.717, 1.165) is 17.2 Å². The highest BCUT2D eigenvalue weighted by Crippen LogP contribution is 2.04. The molecule has 2 rings (SSSR count). The van der Waals surface area contributed by atoms with Gasteiger partial charge >= 0.3 is 4.87 Å². The van der Waals surface area contributed by atoms with Crippen LogP contribution in [-0.2, 0) is 6.54 Å². The SMILES string of the molecule is CNc1cnc(Cn2c(C)csc2=O)cn1. The van der Waals surface area contributed by atoms with E-state index in [1.165, 1.54) is 11.3 Å². The van der Waals surface area contributed by atoms with Crippen LogP contribution in [0.2, 0.25) is 0 Å². The van der Waals surface area contributed by atoms with Gasteiger partial charge in [0.05, 0.1) is 24.6 Å². The summed E-state index contributed by atoms with van der Waals surface area (Å²) < 4.78 is 1.69. The van der Waals surface area contributed by atoms with Crippen LogP contribution < -0.4 is 10.2 Å². The van der Waals surface area contributed by atoms with Gasteiger partial charge in [0.1, 0.15) is 5.82 Å². The molecule has 0 saturated heterocycles. The normalized spacial score (nSPS) is 10.4. The van der Waals surface area contributed by atoms with Crippen molar-refractivity contribution in [1.82, 2.24) is 14.5 Å². The van der Waals surface area contributed by atoms with Gasteiger partial charge in [0.25, 0.3) is 0 Å². The molecule has 0 amide bonds. The maximum Gasteiger partial charge on any atom is 0.307 e. The lowest BCUT2D eigenvalue weighted by Gasteiger charge is -2.04. The van der Waals surface area contributed by atoms with Crippen LogP contribution in [0.4, 0.5) is 5.82 Å². The van der Waals surface area contributed by atoms with E-state index in [-0.39, 0.29) is 4.87 Å². The summed E-state index contributed by atoms with van der Waals surface area (Å²) in [6.45, 7) is 2.39. The van der Waals surface area contributed by atoms with Crippen molar-refractivity contribution in [2.24, 2.45) is 0 Å². The molecule has 6 heteroatoms. The van der Waals surface area contributed by atoms with Crippen LogP contribution in [0.5, 0.6) is 0 Å². The summed E-state index contributed by atoms with van der Waals surface area (Å²) in [7, 11) is 1.79. The molecule has 2 aromatic rings. The lowest BCUT2D eigenvalue weighted by atomic mass is 10.4. The van der Waals surface area contributed by atoms with Crippen molar-refractivity contribution in [3.05, 3.63) is 38.8 Å². The summed E-state index contributed by atoms with van der Waals surface area (Å²) in [4.78, 5) is 19.9. The van der Waals surface area contributed by atoms with Crippen molar-refractivity contribution in [3.63, 3.8) is 0 Å². The number of anilines is 1. The fraction of sp³-hybridized carbons (Fsp3) is 0.300. The second-order valence-electron chi connectivity index (χ2n) is 3.37. The van der Waals surface area contributed by atoms with Gasteiger partial charge in [-0.05, 0) is 6.92 Å². The predicted molar refractivity (Wildman–Crippen MR) is 64.0 cm³/mol. The number of nitrogens with zero attached hydrogens (tertiary/aromatic N) is 3. The molecule has 84 valence electrons. The highest BCUT2D eigenvalue weighted by Gasteiger charge is 2.04. The Morgan fingerprint density at radius 1 is 1.44 bits per heavy atom. The minimum Gasteiger partial charge on any atom is -0.372 e. The van der Waals surface area contributed by atoms with E-state index in [2.05, 4.69) is 15.3 Å². The molecule has 5 nitrogen and oxygen atoms in total. The molecule has 1 N–H and O–H groups in total. The minimum absolute atomic E-state index is 0.0389. The number of hydrogen-bond acceptors (Lipinski definition) is 5. The van der Waals surface area contributed by atoms with Crippen LogP contribution in [0.3, 0.4) is 0 Å².